The van der Waals surface area contributed by atoms with Gasteiger partial charge in [0.25, 0.3) is 0 Å². The quantitative estimate of drug-likeness (QED) is 0.501. The zero-order chi connectivity index (χ0) is 23.5. The van der Waals surface area contributed by atoms with E-state index in [1.54, 1.807) is 0 Å². The van der Waals surface area contributed by atoms with Crippen LogP contribution in [0.5, 0.6) is 0 Å². The van der Waals surface area contributed by atoms with E-state index in [9.17, 15) is 0 Å². The standard InChI is InChI=1S/C32H22N2/c1-31-27-11-13-29-17-26(24-9-5-22(20-34)6-10-24)18-30(32(29,31)2)14-12-28(31)16-25(15-27)23-7-3-21(19-33)4-8-23/h3-18H,1-2H3. The van der Waals surface area contributed by atoms with Gasteiger partial charge in [0.2, 0.25) is 0 Å². The summed E-state index contributed by atoms with van der Waals surface area (Å²) in [7, 11) is 0. The van der Waals surface area contributed by atoms with Crippen LogP contribution in [0.3, 0.4) is 0 Å². The number of nitrogens with zero attached hydrogens (tertiary/aromatic N) is 2. The van der Waals surface area contributed by atoms with Crippen molar-refractivity contribution in [3.63, 3.8) is 0 Å². The summed E-state index contributed by atoms with van der Waals surface area (Å²) < 4.78 is 0. The Hall–Kier alpha value is -4.40. The highest BCUT2D eigenvalue weighted by Gasteiger charge is 2.56. The van der Waals surface area contributed by atoms with Gasteiger partial charge in [-0.2, -0.15) is 10.5 Å². The first-order chi connectivity index (χ1) is 16.5. The van der Waals surface area contributed by atoms with Crippen molar-refractivity contribution in [3.8, 4) is 12.1 Å². The fourth-order valence-corrected chi connectivity index (χ4v) is 5.84. The minimum absolute atomic E-state index is 0.166. The Kier molecular flexibility index (Phi) is 4.19. The Bertz CT molecular complexity index is 1430. The molecule has 2 aromatic carbocycles. The minimum Gasteiger partial charge on any atom is -0.192 e. The number of allylic oxidation sites excluding steroid dienone is 14. The Morgan fingerprint density at radius 1 is 0.529 bits per heavy atom. The van der Waals surface area contributed by atoms with E-state index in [1.807, 2.05) is 48.5 Å². The third kappa shape index (κ3) is 2.60. The first-order valence-corrected chi connectivity index (χ1v) is 11.5. The lowest BCUT2D eigenvalue weighted by Crippen LogP contribution is -2.47. The molecular formula is C32H22N2. The maximum Gasteiger partial charge on any atom is 0.0991 e. The van der Waals surface area contributed by atoms with E-state index in [4.69, 9.17) is 10.5 Å². The van der Waals surface area contributed by atoms with Crippen molar-refractivity contribution >= 4 is 11.1 Å². The topological polar surface area (TPSA) is 47.6 Å². The molecule has 2 heteroatoms. The molecule has 0 radical (unpaired) electrons. The molecule has 0 bridgehead atoms. The molecule has 0 fully saturated rings. The first-order valence-electron chi connectivity index (χ1n) is 11.5. The molecule has 0 aromatic heterocycles. The SMILES string of the molecule is CC12C3=CC=C4C=C(c5ccc(C#N)cc5)C=C(C=CC1=CC(c1ccc(C#N)cc1)=C3)C42C. The van der Waals surface area contributed by atoms with Crippen LogP contribution in [-0.2, 0) is 0 Å². The smallest absolute Gasteiger partial charge is 0.0991 e. The number of benzene rings is 2. The van der Waals surface area contributed by atoms with Gasteiger partial charge < -0.3 is 0 Å². The first kappa shape index (κ1) is 20.2. The molecule has 0 aliphatic heterocycles. The van der Waals surface area contributed by atoms with Crippen molar-refractivity contribution in [1.82, 2.24) is 0 Å². The van der Waals surface area contributed by atoms with Gasteiger partial charge in [0.1, 0.15) is 0 Å². The van der Waals surface area contributed by atoms with E-state index in [-0.39, 0.29) is 10.8 Å². The van der Waals surface area contributed by atoms with Gasteiger partial charge >= 0.3 is 0 Å². The Morgan fingerprint density at radius 2 is 0.912 bits per heavy atom. The second-order valence-electron chi connectivity index (χ2n) is 9.60. The van der Waals surface area contributed by atoms with Crippen LogP contribution in [0.2, 0.25) is 0 Å². The molecule has 0 heterocycles. The van der Waals surface area contributed by atoms with Crippen molar-refractivity contribution in [1.29, 1.82) is 10.5 Å². The van der Waals surface area contributed by atoms with Crippen LogP contribution in [0.25, 0.3) is 11.1 Å². The van der Waals surface area contributed by atoms with Crippen LogP contribution in [0, 0.1) is 33.5 Å². The maximum absolute atomic E-state index is 9.14. The highest BCUT2D eigenvalue weighted by Crippen LogP contribution is 2.66. The van der Waals surface area contributed by atoms with E-state index in [0.29, 0.717) is 11.1 Å². The van der Waals surface area contributed by atoms with Gasteiger partial charge in [0.05, 0.1) is 23.3 Å². The zero-order valence-corrected chi connectivity index (χ0v) is 19.1. The monoisotopic (exact) mass is 434 g/mol. The van der Waals surface area contributed by atoms with Gasteiger partial charge in [-0.25, -0.2) is 0 Å². The predicted octanol–water partition coefficient (Wildman–Crippen LogP) is 7.23. The molecule has 2 atom stereocenters. The van der Waals surface area contributed by atoms with Crippen molar-refractivity contribution in [2.75, 3.05) is 0 Å². The normalized spacial score (nSPS) is 25.9. The molecule has 4 aliphatic carbocycles. The molecule has 0 N–H and O–H groups in total. The van der Waals surface area contributed by atoms with Crippen molar-refractivity contribution < 1.29 is 0 Å². The largest absolute Gasteiger partial charge is 0.192 e. The molecule has 0 saturated carbocycles. The van der Waals surface area contributed by atoms with E-state index in [0.717, 1.165) is 11.1 Å². The number of hydrogen-bond acceptors (Lipinski definition) is 2. The molecule has 4 aliphatic rings. The Labute approximate surface area is 200 Å². The lowest BCUT2D eigenvalue weighted by atomic mass is 9.46. The van der Waals surface area contributed by atoms with E-state index in [1.165, 1.54) is 33.4 Å². The second-order valence-corrected chi connectivity index (χ2v) is 9.60. The molecule has 2 nitrogen and oxygen atoms in total. The molecule has 6 rings (SSSR count). The molecule has 160 valence electrons. The Morgan fingerprint density at radius 3 is 1.26 bits per heavy atom. The average Bonchev–Trinajstić information content (AvgIpc) is 2.87. The van der Waals surface area contributed by atoms with Crippen LogP contribution < -0.4 is 0 Å². The lowest BCUT2D eigenvalue weighted by Gasteiger charge is -2.56. The van der Waals surface area contributed by atoms with E-state index in [2.05, 4.69) is 74.6 Å². The highest BCUT2D eigenvalue weighted by molar-refractivity contribution is 5.87. The third-order valence-electron chi connectivity index (χ3n) is 8.13. The molecular weight excluding hydrogens is 412 g/mol. The van der Waals surface area contributed by atoms with Gasteiger partial charge in [-0.3, -0.25) is 0 Å². The third-order valence-corrected chi connectivity index (χ3v) is 8.13. The molecule has 2 aromatic rings. The van der Waals surface area contributed by atoms with Crippen LogP contribution >= 0.6 is 0 Å². The molecule has 34 heavy (non-hydrogen) atoms. The van der Waals surface area contributed by atoms with Crippen molar-refractivity contribution in [2.24, 2.45) is 10.8 Å². The summed E-state index contributed by atoms with van der Waals surface area (Å²) >= 11 is 0. The molecule has 2 unspecified atom stereocenters. The number of nitriles is 2. The van der Waals surface area contributed by atoms with E-state index < -0.39 is 0 Å². The fourth-order valence-electron chi connectivity index (χ4n) is 5.84. The van der Waals surface area contributed by atoms with Gasteiger partial charge in [0.15, 0.2) is 0 Å². The number of rotatable bonds is 2. The van der Waals surface area contributed by atoms with Gasteiger partial charge in [-0.15, -0.1) is 0 Å². The van der Waals surface area contributed by atoms with Gasteiger partial charge in [-0.05, 0) is 68.8 Å². The minimum atomic E-state index is -0.166. The number of hydrogen-bond donors (Lipinski definition) is 0. The molecule has 0 saturated heterocycles. The van der Waals surface area contributed by atoms with Gasteiger partial charge in [-0.1, -0.05) is 86.7 Å². The molecule has 0 spiro atoms. The summed E-state index contributed by atoms with van der Waals surface area (Å²) in [4.78, 5) is 0. The fraction of sp³-hybridized carbons (Fsp3) is 0.125. The zero-order valence-electron chi connectivity index (χ0n) is 19.1. The van der Waals surface area contributed by atoms with Crippen LogP contribution in [0.15, 0.2) is 119 Å². The van der Waals surface area contributed by atoms with E-state index >= 15 is 0 Å². The summed E-state index contributed by atoms with van der Waals surface area (Å²) in [6, 6.07) is 20.0. The second kappa shape index (κ2) is 7.05. The lowest BCUT2D eigenvalue weighted by molar-refractivity contribution is 0.250. The predicted molar refractivity (Wildman–Crippen MR) is 136 cm³/mol. The summed E-state index contributed by atoms with van der Waals surface area (Å²) in [6.07, 6.45) is 18.3. The van der Waals surface area contributed by atoms with Crippen molar-refractivity contribution in [2.45, 2.75) is 13.8 Å². The van der Waals surface area contributed by atoms with Crippen LogP contribution in [-0.4, -0.2) is 0 Å². The van der Waals surface area contributed by atoms with Crippen molar-refractivity contribution in [3.05, 3.63) is 142 Å². The highest BCUT2D eigenvalue weighted by atomic mass is 14.6. The average molecular weight is 435 g/mol. The Balaban J connectivity index is 1.50. The molecule has 0 amide bonds. The summed E-state index contributed by atoms with van der Waals surface area (Å²) in [5, 5.41) is 18.3. The van der Waals surface area contributed by atoms with Crippen LogP contribution in [0.1, 0.15) is 36.1 Å². The summed E-state index contributed by atoms with van der Waals surface area (Å²) in [5.41, 5.74) is 10.8. The van der Waals surface area contributed by atoms with Crippen LogP contribution in [0.4, 0.5) is 0 Å². The summed E-state index contributed by atoms with van der Waals surface area (Å²) in [6.45, 7) is 4.73. The van der Waals surface area contributed by atoms with Gasteiger partial charge in [0, 0.05) is 10.8 Å². The summed E-state index contributed by atoms with van der Waals surface area (Å²) in [5.74, 6) is 0. The maximum atomic E-state index is 9.14.